The van der Waals surface area contributed by atoms with E-state index in [2.05, 4.69) is 0 Å². The van der Waals surface area contributed by atoms with Crippen LogP contribution in [0.4, 0.5) is 0 Å². The molecular formula is C14H20ClNO. The molecule has 2 N–H and O–H groups in total. The molecule has 94 valence electrons. The van der Waals surface area contributed by atoms with Gasteiger partial charge >= 0.3 is 0 Å². The number of ether oxygens (including phenoxy) is 1. The van der Waals surface area contributed by atoms with Gasteiger partial charge in [0.25, 0.3) is 0 Å². The Morgan fingerprint density at radius 3 is 2.59 bits per heavy atom. The van der Waals surface area contributed by atoms with Crippen molar-refractivity contribution in [3.8, 4) is 0 Å². The number of hydrogen-bond acceptors (Lipinski definition) is 2. The van der Waals surface area contributed by atoms with E-state index in [-0.39, 0.29) is 11.6 Å². The topological polar surface area (TPSA) is 35.2 Å². The van der Waals surface area contributed by atoms with E-state index in [9.17, 15) is 0 Å². The van der Waals surface area contributed by atoms with Crippen LogP contribution in [0.5, 0.6) is 0 Å². The molecule has 17 heavy (non-hydrogen) atoms. The van der Waals surface area contributed by atoms with Crippen molar-refractivity contribution < 1.29 is 4.74 Å². The van der Waals surface area contributed by atoms with Crippen LogP contribution in [0.25, 0.3) is 0 Å². The monoisotopic (exact) mass is 253 g/mol. The Labute approximate surface area is 108 Å². The third-order valence-electron chi connectivity index (χ3n) is 3.88. The minimum atomic E-state index is -0.205. The van der Waals surface area contributed by atoms with Gasteiger partial charge in [0.15, 0.2) is 0 Å². The zero-order valence-corrected chi connectivity index (χ0v) is 11.0. The van der Waals surface area contributed by atoms with Gasteiger partial charge in [0.1, 0.15) is 0 Å². The van der Waals surface area contributed by atoms with Crippen molar-refractivity contribution in [3.05, 3.63) is 34.9 Å². The van der Waals surface area contributed by atoms with Crippen LogP contribution in [0.2, 0.25) is 5.02 Å². The van der Waals surface area contributed by atoms with Crippen molar-refractivity contribution in [1.82, 2.24) is 0 Å². The van der Waals surface area contributed by atoms with Gasteiger partial charge in [-0.3, -0.25) is 0 Å². The van der Waals surface area contributed by atoms with Gasteiger partial charge in [-0.1, -0.05) is 43.0 Å². The molecule has 0 radical (unpaired) electrons. The van der Waals surface area contributed by atoms with Crippen LogP contribution in [0.3, 0.4) is 0 Å². The summed E-state index contributed by atoms with van der Waals surface area (Å²) in [7, 11) is 1.77. The molecule has 1 atom stereocenters. The van der Waals surface area contributed by atoms with Gasteiger partial charge in [-0.2, -0.15) is 0 Å². The third-order valence-corrected chi connectivity index (χ3v) is 4.12. The van der Waals surface area contributed by atoms with Gasteiger partial charge in [0.2, 0.25) is 0 Å². The Hall–Kier alpha value is -0.570. The minimum absolute atomic E-state index is 0.0912. The summed E-state index contributed by atoms with van der Waals surface area (Å²) < 4.78 is 5.77. The highest BCUT2D eigenvalue weighted by Gasteiger charge is 2.38. The molecule has 1 unspecified atom stereocenters. The van der Waals surface area contributed by atoms with Crippen molar-refractivity contribution in [2.45, 2.75) is 43.7 Å². The minimum Gasteiger partial charge on any atom is -0.376 e. The predicted octanol–water partition coefficient (Wildman–Crippen LogP) is 3.69. The second-order valence-electron chi connectivity index (χ2n) is 4.86. The first-order valence-electron chi connectivity index (χ1n) is 6.24. The molecule has 2 nitrogen and oxygen atoms in total. The van der Waals surface area contributed by atoms with Crippen molar-refractivity contribution in [1.29, 1.82) is 0 Å². The van der Waals surface area contributed by atoms with E-state index in [1.54, 1.807) is 7.11 Å². The summed E-state index contributed by atoms with van der Waals surface area (Å²) in [4.78, 5) is 0. The Kier molecular flexibility index (Phi) is 4.08. The highest BCUT2D eigenvalue weighted by Crippen LogP contribution is 2.40. The molecule has 1 aromatic rings. The lowest BCUT2D eigenvalue weighted by molar-refractivity contribution is -0.0595. The number of halogens is 1. The van der Waals surface area contributed by atoms with Gasteiger partial charge in [0.05, 0.1) is 11.6 Å². The highest BCUT2D eigenvalue weighted by molar-refractivity contribution is 6.30. The smallest absolute Gasteiger partial charge is 0.0870 e. The average Bonchev–Trinajstić information content (AvgIpc) is 2.38. The molecule has 0 spiro atoms. The second-order valence-corrected chi connectivity index (χ2v) is 5.30. The Bertz CT molecular complexity index is 374. The molecule has 1 aliphatic carbocycles. The van der Waals surface area contributed by atoms with Gasteiger partial charge in [0, 0.05) is 12.1 Å². The molecule has 0 amide bonds. The third kappa shape index (κ3) is 2.65. The molecule has 1 saturated carbocycles. The van der Waals surface area contributed by atoms with Crippen LogP contribution in [0.15, 0.2) is 24.3 Å². The quantitative estimate of drug-likeness (QED) is 0.892. The van der Waals surface area contributed by atoms with Crippen molar-refractivity contribution in [2.24, 2.45) is 5.73 Å². The van der Waals surface area contributed by atoms with E-state index in [1.165, 1.54) is 19.3 Å². The van der Waals surface area contributed by atoms with Crippen molar-refractivity contribution in [3.63, 3.8) is 0 Å². The number of benzene rings is 1. The summed E-state index contributed by atoms with van der Waals surface area (Å²) in [5.41, 5.74) is 7.27. The van der Waals surface area contributed by atoms with Crippen molar-refractivity contribution in [2.75, 3.05) is 7.11 Å². The molecule has 1 aliphatic rings. The van der Waals surface area contributed by atoms with Crippen LogP contribution < -0.4 is 5.73 Å². The molecule has 3 heteroatoms. The predicted molar refractivity (Wildman–Crippen MR) is 71.2 cm³/mol. The second kappa shape index (κ2) is 5.38. The molecule has 0 heterocycles. The number of rotatable bonds is 3. The Morgan fingerprint density at radius 1 is 1.29 bits per heavy atom. The maximum absolute atomic E-state index is 6.40. The van der Waals surface area contributed by atoms with E-state index in [0.717, 1.165) is 23.4 Å². The Balaban J connectivity index is 2.24. The number of nitrogens with two attached hydrogens (primary N) is 1. The lowest BCUT2D eigenvalue weighted by Crippen LogP contribution is -2.44. The lowest BCUT2D eigenvalue weighted by atomic mass is 9.77. The zero-order chi connectivity index (χ0) is 12.3. The van der Waals surface area contributed by atoms with E-state index < -0.39 is 0 Å². The van der Waals surface area contributed by atoms with Crippen LogP contribution in [0, 0.1) is 0 Å². The zero-order valence-electron chi connectivity index (χ0n) is 10.3. The van der Waals surface area contributed by atoms with Crippen LogP contribution in [0.1, 0.15) is 43.7 Å². The normalized spacial score (nSPS) is 21.1. The summed E-state index contributed by atoms with van der Waals surface area (Å²) in [6.45, 7) is 0. The number of methoxy groups -OCH3 is 1. The van der Waals surface area contributed by atoms with Crippen LogP contribution >= 0.6 is 11.6 Å². The van der Waals surface area contributed by atoms with E-state index in [1.807, 2.05) is 24.3 Å². The first kappa shape index (κ1) is 12.9. The molecule has 0 aromatic heterocycles. The van der Waals surface area contributed by atoms with Gasteiger partial charge < -0.3 is 10.5 Å². The fourth-order valence-electron chi connectivity index (χ4n) is 2.80. The first-order chi connectivity index (χ1) is 8.18. The SMILES string of the molecule is COC1(C(N)c2cccc(Cl)c2)CCCCC1. The van der Waals surface area contributed by atoms with Crippen LogP contribution in [-0.2, 0) is 4.74 Å². The molecule has 2 rings (SSSR count). The van der Waals surface area contributed by atoms with Gasteiger partial charge in [-0.15, -0.1) is 0 Å². The maximum atomic E-state index is 6.40. The Morgan fingerprint density at radius 2 is 2.00 bits per heavy atom. The average molecular weight is 254 g/mol. The molecule has 1 aromatic carbocycles. The summed E-state index contributed by atoms with van der Waals surface area (Å²) in [6, 6.07) is 7.71. The molecule has 1 fully saturated rings. The lowest BCUT2D eigenvalue weighted by Gasteiger charge is -2.41. The van der Waals surface area contributed by atoms with Crippen molar-refractivity contribution >= 4 is 11.6 Å². The molecular weight excluding hydrogens is 234 g/mol. The van der Waals surface area contributed by atoms with E-state index in [4.69, 9.17) is 22.1 Å². The maximum Gasteiger partial charge on any atom is 0.0870 e. The largest absolute Gasteiger partial charge is 0.376 e. The fourth-order valence-corrected chi connectivity index (χ4v) is 2.99. The summed E-state index contributed by atoms with van der Waals surface area (Å²) in [5, 5.41) is 0.736. The standard InChI is InChI=1S/C14H20ClNO/c1-17-14(8-3-2-4-9-14)13(16)11-6-5-7-12(15)10-11/h5-7,10,13H,2-4,8-9,16H2,1H3. The molecule has 0 saturated heterocycles. The summed E-state index contributed by atoms with van der Waals surface area (Å²) in [5.74, 6) is 0. The molecule has 0 bridgehead atoms. The fraction of sp³-hybridized carbons (Fsp3) is 0.571. The van der Waals surface area contributed by atoms with Gasteiger partial charge in [-0.25, -0.2) is 0 Å². The van der Waals surface area contributed by atoms with Crippen LogP contribution in [-0.4, -0.2) is 12.7 Å². The van der Waals surface area contributed by atoms with E-state index in [0.29, 0.717) is 0 Å². The highest BCUT2D eigenvalue weighted by atomic mass is 35.5. The summed E-state index contributed by atoms with van der Waals surface area (Å²) in [6.07, 6.45) is 5.76. The number of hydrogen-bond donors (Lipinski definition) is 1. The first-order valence-corrected chi connectivity index (χ1v) is 6.62. The summed E-state index contributed by atoms with van der Waals surface area (Å²) >= 11 is 6.02. The molecule has 0 aliphatic heterocycles. The van der Waals surface area contributed by atoms with Gasteiger partial charge in [-0.05, 0) is 30.5 Å². The van der Waals surface area contributed by atoms with E-state index >= 15 is 0 Å².